The molecule has 33 heavy (non-hydrogen) atoms. The average Bonchev–Trinajstić information content (AvgIpc) is 3.28. The van der Waals surface area contributed by atoms with Crippen LogP contribution in [0.1, 0.15) is 28.5 Å². The molecule has 6 nitrogen and oxygen atoms in total. The number of benzene rings is 3. The van der Waals surface area contributed by atoms with E-state index in [0.717, 1.165) is 17.2 Å². The molecule has 0 saturated carbocycles. The SMILES string of the molecule is O=P([O-])([O-])C(F)(F)c1ccc(CC(c2ccccc2)c2nc(-c3ccccc3)no2)cc1Br. The van der Waals surface area contributed by atoms with E-state index < -0.39 is 18.8 Å². The van der Waals surface area contributed by atoms with Crippen molar-refractivity contribution < 1.29 is 27.7 Å². The van der Waals surface area contributed by atoms with Crippen molar-refractivity contribution in [3.05, 3.63) is 106 Å². The Kier molecular flexibility index (Phi) is 6.59. The van der Waals surface area contributed by atoms with Gasteiger partial charge in [-0.2, -0.15) is 13.8 Å². The van der Waals surface area contributed by atoms with Gasteiger partial charge in [0.1, 0.15) is 0 Å². The molecule has 10 heteroatoms. The summed E-state index contributed by atoms with van der Waals surface area (Å²) in [5, 5.41) is 4.07. The molecule has 0 radical (unpaired) electrons. The normalized spacial score (nSPS) is 13.1. The average molecular weight is 533 g/mol. The van der Waals surface area contributed by atoms with Gasteiger partial charge in [0.15, 0.2) is 0 Å². The van der Waals surface area contributed by atoms with Crippen molar-refractivity contribution in [2.45, 2.75) is 18.0 Å². The Morgan fingerprint density at radius 1 is 1.00 bits per heavy atom. The molecule has 1 unspecified atom stereocenters. The Morgan fingerprint density at radius 2 is 1.64 bits per heavy atom. The quantitative estimate of drug-likeness (QED) is 0.315. The van der Waals surface area contributed by atoms with E-state index in [2.05, 4.69) is 26.1 Å². The minimum Gasteiger partial charge on any atom is -0.806 e. The Balaban J connectivity index is 1.69. The van der Waals surface area contributed by atoms with Crippen molar-refractivity contribution in [3.8, 4) is 11.4 Å². The van der Waals surface area contributed by atoms with Gasteiger partial charge < -0.3 is 18.9 Å². The van der Waals surface area contributed by atoms with Crippen molar-refractivity contribution >= 4 is 23.5 Å². The second-order valence-corrected chi connectivity index (χ2v) is 9.75. The summed E-state index contributed by atoms with van der Waals surface area (Å²) < 4.78 is 44.5. The number of hydrogen-bond acceptors (Lipinski definition) is 6. The third kappa shape index (κ3) is 4.96. The van der Waals surface area contributed by atoms with Gasteiger partial charge in [0.05, 0.1) is 5.92 Å². The third-order valence-electron chi connectivity index (χ3n) is 5.12. The topological polar surface area (TPSA) is 102 Å². The summed E-state index contributed by atoms with van der Waals surface area (Å²) in [6.45, 7) is 0. The summed E-state index contributed by atoms with van der Waals surface area (Å²) in [5.74, 6) is 0.373. The van der Waals surface area contributed by atoms with Gasteiger partial charge in [-0.25, -0.2) is 0 Å². The monoisotopic (exact) mass is 532 g/mol. The fourth-order valence-corrected chi connectivity index (χ4v) is 4.75. The lowest BCUT2D eigenvalue weighted by Gasteiger charge is -2.38. The van der Waals surface area contributed by atoms with Crippen LogP contribution in [0.3, 0.4) is 0 Å². The molecule has 0 saturated heterocycles. The highest BCUT2D eigenvalue weighted by Gasteiger charge is 2.38. The predicted molar refractivity (Wildman–Crippen MR) is 117 cm³/mol. The van der Waals surface area contributed by atoms with E-state index in [0.29, 0.717) is 23.7 Å². The summed E-state index contributed by atoms with van der Waals surface area (Å²) >= 11 is 2.98. The fourth-order valence-electron chi connectivity index (χ4n) is 3.43. The summed E-state index contributed by atoms with van der Waals surface area (Å²) in [4.78, 5) is 26.6. The van der Waals surface area contributed by atoms with Crippen LogP contribution in [0.25, 0.3) is 11.4 Å². The zero-order valence-electron chi connectivity index (χ0n) is 16.9. The number of aromatic nitrogens is 2. The van der Waals surface area contributed by atoms with Crippen LogP contribution in [0.5, 0.6) is 0 Å². The molecule has 1 atom stereocenters. The lowest BCUT2D eigenvalue weighted by Crippen LogP contribution is -2.30. The fraction of sp³-hybridized carbons (Fsp3) is 0.130. The number of nitrogens with zero attached hydrogens (tertiary/aromatic N) is 2. The Hall–Kier alpha value is -2.71. The Morgan fingerprint density at radius 3 is 2.24 bits per heavy atom. The zero-order valence-corrected chi connectivity index (χ0v) is 19.4. The van der Waals surface area contributed by atoms with Crippen LogP contribution in [0.2, 0.25) is 0 Å². The molecule has 0 bridgehead atoms. The lowest BCUT2D eigenvalue weighted by molar-refractivity contribution is -0.335. The van der Waals surface area contributed by atoms with Crippen LogP contribution in [-0.4, -0.2) is 10.1 Å². The molecule has 0 aliphatic carbocycles. The van der Waals surface area contributed by atoms with Crippen LogP contribution >= 0.6 is 23.5 Å². The highest BCUT2D eigenvalue weighted by atomic mass is 79.9. The summed E-state index contributed by atoms with van der Waals surface area (Å²) in [7, 11) is -6.18. The van der Waals surface area contributed by atoms with Gasteiger partial charge in [-0.1, -0.05) is 93.9 Å². The van der Waals surface area contributed by atoms with Crippen LogP contribution in [0.4, 0.5) is 8.78 Å². The minimum atomic E-state index is -6.18. The van der Waals surface area contributed by atoms with E-state index >= 15 is 0 Å². The molecule has 0 amide bonds. The Bertz CT molecular complexity index is 1300. The maximum absolute atomic E-state index is 14.1. The van der Waals surface area contributed by atoms with Crippen LogP contribution < -0.4 is 9.79 Å². The number of rotatable bonds is 7. The second kappa shape index (κ2) is 9.27. The van der Waals surface area contributed by atoms with Gasteiger partial charge >= 0.3 is 0 Å². The standard InChI is InChI=1S/C23H18BrF2N2O4P/c24-20-14-15(11-12-19(20)23(25,26)33(29,30)31)13-18(16-7-3-1-4-8-16)22-27-21(28-32-22)17-9-5-2-6-10-17/h1-12,14,18H,13H2,(H2,29,30,31)/p-2. The highest BCUT2D eigenvalue weighted by Crippen LogP contribution is 2.54. The second-order valence-electron chi connectivity index (χ2n) is 7.34. The summed E-state index contributed by atoms with van der Waals surface area (Å²) in [6, 6.07) is 22.3. The first kappa shape index (κ1) is 23.4. The molecule has 1 aromatic heterocycles. The van der Waals surface area contributed by atoms with Crippen LogP contribution in [0.15, 0.2) is 87.9 Å². The number of alkyl halides is 2. The molecule has 1 heterocycles. The predicted octanol–water partition coefficient (Wildman–Crippen LogP) is 4.84. The molecule has 0 N–H and O–H groups in total. The molecule has 0 spiro atoms. The van der Waals surface area contributed by atoms with E-state index in [9.17, 15) is 23.1 Å². The maximum atomic E-state index is 14.1. The van der Waals surface area contributed by atoms with Crippen LogP contribution in [0, 0.1) is 0 Å². The van der Waals surface area contributed by atoms with Gasteiger partial charge in [-0.05, 0) is 23.6 Å². The van der Waals surface area contributed by atoms with Crippen LogP contribution in [-0.2, 0) is 16.6 Å². The molecule has 0 fully saturated rings. The lowest BCUT2D eigenvalue weighted by atomic mass is 9.91. The molecule has 0 aliphatic heterocycles. The van der Waals surface area contributed by atoms with Crippen molar-refractivity contribution in [1.29, 1.82) is 0 Å². The zero-order chi connectivity index (χ0) is 23.6. The van der Waals surface area contributed by atoms with E-state index in [1.54, 1.807) is 0 Å². The summed E-state index contributed by atoms with van der Waals surface area (Å²) in [6.07, 6.45) is 0.303. The van der Waals surface area contributed by atoms with Gasteiger partial charge in [-0.3, -0.25) is 0 Å². The molecular weight excluding hydrogens is 517 g/mol. The number of halogens is 3. The van der Waals surface area contributed by atoms with Crippen molar-refractivity contribution in [2.24, 2.45) is 0 Å². The smallest absolute Gasteiger partial charge is 0.297 e. The van der Waals surface area contributed by atoms with E-state index in [1.165, 1.54) is 12.1 Å². The molecule has 3 aromatic carbocycles. The van der Waals surface area contributed by atoms with E-state index in [4.69, 9.17) is 4.52 Å². The van der Waals surface area contributed by atoms with E-state index in [1.807, 2.05) is 60.7 Å². The van der Waals surface area contributed by atoms with Crippen molar-refractivity contribution in [2.75, 3.05) is 0 Å². The molecule has 4 aromatic rings. The largest absolute Gasteiger partial charge is 0.806 e. The van der Waals surface area contributed by atoms with Gasteiger partial charge in [0.2, 0.25) is 11.7 Å². The molecule has 0 aliphatic rings. The minimum absolute atomic E-state index is 0.181. The molecule has 170 valence electrons. The molecule has 4 rings (SSSR count). The maximum Gasteiger partial charge on any atom is 0.297 e. The van der Waals surface area contributed by atoms with Crippen molar-refractivity contribution in [3.63, 3.8) is 0 Å². The van der Waals surface area contributed by atoms with Gasteiger partial charge in [0, 0.05) is 23.2 Å². The van der Waals surface area contributed by atoms with Gasteiger partial charge in [0.25, 0.3) is 5.66 Å². The Labute approximate surface area is 196 Å². The highest BCUT2D eigenvalue weighted by molar-refractivity contribution is 9.10. The first-order chi connectivity index (χ1) is 15.7. The van der Waals surface area contributed by atoms with Crippen molar-refractivity contribution in [1.82, 2.24) is 10.1 Å². The van der Waals surface area contributed by atoms with E-state index in [-0.39, 0.29) is 10.4 Å². The first-order valence-corrected chi connectivity index (χ1v) is 12.1. The first-order valence-electron chi connectivity index (χ1n) is 9.79. The number of hydrogen-bond donors (Lipinski definition) is 0. The molecular formula is C23H16BrF2N2O4P-2. The third-order valence-corrected chi connectivity index (χ3v) is 6.70. The van der Waals surface area contributed by atoms with Gasteiger partial charge in [-0.15, -0.1) is 0 Å². The summed E-state index contributed by atoms with van der Waals surface area (Å²) in [5.41, 5.74) is -3.18.